The molecule has 1 N–H and O–H groups in total. The minimum Gasteiger partial charge on any atom is -0.460 e. The van der Waals surface area contributed by atoms with Crippen LogP contribution in [0.5, 0.6) is 0 Å². The van der Waals surface area contributed by atoms with E-state index in [1.54, 1.807) is 26.7 Å². The lowest BCUT2D eigenvalue weighted by molar-refractivity contribution is -0.157. The maximum absolute atomic E-state index is 11.3. The molecule has 0 fully saturated rings. The first-order valence-corrected chi connectivity index (χ1v) is 5.50. The van der Waals surface area contributed by atoms with Crippen molar-refractivity contribution < 1.29 is 19.4 Å². The van der Waals surface area contributed by atoms with Crippen LogP contribution in [0.3, 0.4) is 0 Å². The lowest BCUT2D eigenvalue weighted by atomic mass is 10.1. The van der Waals surface area contributed by atoms with Crippen LogP contribution < -0.4 is 0 Å². The number of halogens is 1. The van der Waals surface area contributed by atoms with E-state index in [0.717, 1.165) is 0 Å². The molecule has 0 aliphatic rings. The van der Waals surface area contributed by atoms with E-state index in [4.69, 9.17) is 16.3 Å². The predicted molar refractivity (Wildman–Crippen MR) is 61.0 cm³/mol. The van der Waals surface area contributed by atoms with Gasteiger partial charge in [-0.15, -0.1) is 11.6 Å². The highest BCUT2D eigenvalue weighted by Gasteiger charge is 2.19. The van der Waals surface area contributed by atoms with Crippen LogP contribution in [0, 0.1) is 0 Å². The van der Waals surface area contributed by atoms with Gasteiger partial charge in [-0.2, -0.15) is 0 Å². The quantitative estimate of drug-likeness (QED) is 0.455. The van der Waals surface area contributed by atoms with Gasteiger partial charge in [-0.05, 0) is 20.8 Å². The van der Waals surface area contributed by atoms with Crippen molar-refractivity contribution in [2.24, 2.45) is 0 Å². The molecule has 0 amide bonds. The molecule has 0 rings (SSSR count). The Morgan fingerprint density at radius 2 is 2.00 bits per heavy atom. The van der Waals surface area contributed by atoms with E-state index in [-0.39, 0.29) is 24.3 Å². The summed E-state index contributed by atoms with van der Waals surface area (Å²) < 4.78 is 5.02. The summed E-state index contributed by atoms with van der Waals surface area (Å²) in [7, 11) is 0. The SMILES string of the molecule is CC(C)(C)OC(=O)C[C@@H](O)CC(=C=O)CCl. The fourth-order valence-electron chi connectivity index (χ4n) is 1.06. The van der Waals surface area contributed by atoms with Crippen molar-refractivity contribution in [3.63, 3.8) is 0 Å². The number of ether oxygens (including phenoxy) is 1. The number of aliphatic hydroxyl groups is 1. The largest absolute Gasteiger partial charge is 0.460 e. The number of esters is 1. The Labute approximate surface area is 100 Å². The molecule has 0 aromatic heterocycles. The molecular formula is C11H17ClO4. The van der Waals surface area contributed by atoms with Crippen LogP contribution in [-0.4, -0.2) is 34.6 Å². The Kier molecular flexibility index (Phi) is 6.34. The van der Waals surface area contributed by atoms with Gasteiger partial charge in [-0.25, -0.2) is 4.79 Å². The van der Waals surface area contributed by atoms with Crippen molar-refractivity contribution in [2.45, 2.75) is 45.3 Å². The molecule has 0 unspecified atom stereocenters. The molecule has 92 valence electrons. The highest BCUT2D eigenvalue weighted by molar-refractivity contribution is 6.20. The first kappa shape index (κ1) is 15.2. The van der Waals surface area contributed by atoms with Crippen molar-refractivity contribution in [1.29, 1.82) is 0 Å². The molecule has 0 aromatic carbocycles. The maximum Gasteiger partial charge on any atom is 0.308 e. The fourth-order valence-corrected chi connectivity index (χ4v) is 1.22. The van der Waals surface area contributed by atoms with E-state index in [1.165, 1.54) is 0 Å². The summed E-state index contributed by atoms with van der Waals surface area (Å²) in [5, 5.41) is 9.49. The van der Waals surface area contributed by atoms with E-state index in [1.807, 2.05) is 0 Å². The molecule has 0 radical (unpaired) electrons. The smallest absolute Gasteiger partial charge is 0.308 e. The summed E-state index contributed by atoms with van der Waals surface area (Å²) in [5.41, 5.74) is -0.329. The lowest BCUT2D eigenvalue weighted by Crippen LogP contribution is -2.26. The molecule has 0 aliphatic carbocycles. The molecular weight excluding hydrogens is 232 g/mol. The molecule has 0 spiro atoms. The summed E-state index contributed by atoms with van der Waals surface area (Å²) in [4.78, 5) is 21.6. The summed E-state index contributed by atoms with van der Waals surface area (Å²) in [6, 6.07) is 0. The molecule has 16 heavy (non-hydrogen) atoms. The molecule has 0 bridgehead atoms. The Bertz CT molecular complexity index is 287. The first-order valence-electron chi connectivity index (χ1n) is 4.97. The van der Waals surface area contributed by atoms with Gasteiger partial charge >= 0.3 is 5.97 Å². The zero-order valence-electron chi connectivity index (χ0n) is 9.75. The summed E-state index contributed by atoms with van der Waals surface area (Å²) in [6.45, 7) is 5.23. The van der Waals surface area contributed by atoms with Crippen LogP contribution >= 0.6 is 11.6 Å². The van der Waals surface area contributed by atoms with E-state index < -0.39 is 17.7 Å². The zero-order valence-corrected chi connectivity index (χ0v) is 10.5. The lowest BCUT2D eigenvalue weighted by Gasteiger charge is -2.20. The Morgan fingerprint density at radius 1 is 1.44 bits per heavy atom. The Morgan fingerprint density at radius 3 is 2.38 bits per heavy atom. The molecule has 0 saturated heterocycles. The van der Waals surface area contributed by atoms with Gasteiger partial charge in [0.05, 0.1) is 18.4 Å². The van der Waals surface area contributed by atoms with Crippen LogP contribution in [0.25, 0.3) is 0 Å². The van der Waals surface area contributed by atoms with E-state index >= 15 is 0 Å². The molecule has 0 saturated carbocycles. The molecule has 0 aromatic rings. The third-order valence-electron chi connectivity index (χ3n) is 1.61. The van der Waals surface area contributed by atoms with Gasteiger partial charge in [0.25, 0.3) is 0 Å². The van der Waals surface area contributed by atoms with Gasteiger partial charge in [0.1, 0.15) is 11.5 Å². The first-order chi connectivity index (χ1) is 7.28. The topological polar surface area (TPSA) is 63.6 Å². The van der Waals surface area contributed by atoms with Crippen LogP contribution in [0.1, 0.15) is 33.6 Å². The van der Waals surface area contributed by atoms with Crippen LogP contribution in [0.15, 0.2) is 5.57 Å². The average Bonchev–Trinajstić information content (AvgIpc) is 2.10. The number of hydrogen-bond acceptors (Lipinski definition) is 4. The second-order valence-electron chi connectivity index (χ2n) is 4.49. The van der Waals surface area contributed by atoms with Crippen molar-refractivity contribution in [2.75, 3.05) is 5.88 Å². The van der Waals surface area contributed by atoms with Crippen molar-refractivity contribution >= 4 is 23.5 Å². The molecule has 1 atom stereocenters. The van der Waals surface area contributed by atoms with Gasteiger partial charge in [0, 0.05) is 12.0 Å². The second-order valence-corrected chi connectivity index (χ2v) is 4.76. The maximum atomic E-state index is 11.3. The normalized spacial score (nSPS) is 12.8. The van der Waals surface area contributed by atoms with Crippen LogP contribution in [0.2, 0.25) is 0 Å². The third kappa shape index (κ3) is 7.46. The van der Waals surface area contributed by atoms with Gasteiger partial charge in [-0.3, -0.25) is 4.79 Å². The van der Waals surface area contributed by atoms with Crippen molar-refractivity contribution in [1.82, 2.24) is 0 Å². The van der Waals surface area contributed by atoms with Gasteiger partial charge < -0.3 is 9.84 Å². The highest BCUT2D eigenvalue weighted by atomic mass is 35.5. The highest BCUT2D eigenvalue weighted by Crippen LogP contribution is 2.12. The molecule has 0 heterocycles. The van der Waals surface area contributed by atoms with E-state index in [9.17, 15) is 14.7 Å². The van der Waals surface area contributed by atoms with E-state index in [0.29, 0.717) is 0 Å². The minimum atomic E-state index is -0.954. The Hall–Kier alpha value is -0.830. The van der Waals surface area contributed by atoms with E-state index in [2.05, 4.69) is 0 Å². The standard InChI is InChI=1S/C11H17ClO4/c1-11(2,3)16-10(15)5-9(14)4-8(6-12)7-13/h9,14H,4-6H2,1-3H3/t9-/m0/s1. The number of hydrogen-bond donors (Lipinski definition) is 1. The number of carbonyl (C=O) groups is 1. The number of aliphatic hydroxyl groups excluding tert-OH is 1. The third-order valence-corrected chi connectivity index (χ3v) is 1.93. The fraction of sp³-hybridized carbons (Fsp3) is 0.727. The minimum absolute atomic E-state index is 0.00881. The summed E-state index contributed by atoms with van der Waals surface area (Å²) in [5.74, 6) is 1.14. The zero-order chi connectivity index (χ0) is 12.8. The van der Waals surface area contributed by atoms with Gasteiger partial charge in [0.2, 0.25) is 0 Å². The monoisotopic (exact) mass is 248 g/mol. The molecule has 0 aliphatic heterocycles. The number of carbonyl (C=O) groups excluding carboxylic acids is 2. The summed E-state index contributed by atoms with van der Waals surface area (Å²) in [6.07, 6.45) is -1.06. The van der Waals surface area contributed by atoms with Gasteiger partial charge in [0.15, 0.2) is 0 Å². The van der Waals surface area contributed by atoms with Crippen LogP contribution in [-0.2, 0) is 14.3 Å². The number of rotatable bonds is 5. The van der Waals surface area contributed by atoms with Gasteiger partial charge in [-0.1, -0.05) is 0 Å². The average molecular weight is 249 g/mol. The molecule has 4 nitrogen and oxygen atoms in total. The summed E-state index contributed by atoms with van der Waals surface area (Å²) >= 11 is 5.43. The van der Waals surface area contributed by atoms with Crippen molar-refractivity contribution in [3.05, 3.63) is 5.57 Å². The van der Waals surface area contributed by atoms with Crippen LogP contribution in [0.4, 0.5) is 0 Å². The predicted octanol–water partition coefficient (Wildman–Crippen LogP) is 1.47. The number of alkyl halides is 1. The Balaban J connectivity index is 4.10. The molecule has 5 heteroatoms. The van der Waals surface area contributed by atoms with Crippen molar-refractivity contribution in [3.8, 4) is 0 Å². The second kappa shape index (κ2) is 6.69.